The molecule has 92 valence electrons. The molecular formula is C11H17Cl2NO2. The molecule has 2 saturated carbocycles. The molecule has 0 radical (unpaired) electrons. The van der Waals surface area contributed by atoms with Gasteiger partial charge in [-0.05, 0) is 19.3 Å². The smallest absolute Gasteiger partial charge is 0.226 e. The number of hydrogen-bond donors (Lipinski definition) is 2. The lowest BCUT2D eigenvalue weighted by Crippen LogP contribution is -2.45. The minimum absolute atomic E-state index is 0.135. The van der Waals surface area contributed by atoms with Crippen molar-refractivity contribution < 1.29 is 9.90 Å². The second kappa shape index (κ2) is 4.35. The Hall–Kier alpha value is 0.01000. The maximum Gasteiger partial charge on any atom is 0.226 e. The van der Waals surface area contributed by atoms with Gasteiger partial charge in [-0.25, -0.2) is 0 Å². The number of aliphatic hydroxyl groups is 1. The number of amides is 1. The van der Waals surface area contributed by atoms with Gasteiger partial charge in [0.05, 0.1) is 11.5 Å². The molecule has 1 unspecified atom stereocenters. The van der Waals surface area contributed by atoms with E-state index < -0.39 is 9.93 Å². The summed E-state index contributed by atoms with van der Waals surface area (Å²) in [6, 6.07) is 0. The van der Waals surface area contributed by atoms with Crippen LogP contribution in [-0.2, 0) is 4.79 Å². The average Bonchev–Trinajstić information content (AvgIpc) is 2.86. The molecule has 0 aromatic carbocycles. The summed E-state index contributed by atoms with van der Waals surface area (Å²) in [5.74, 6) is -0.438. The van der Waals surface area contributed by atoms with Crippen LogP contribution < -0.4 is 5.32 Å². The lowest BCUT2D eigenvalue weighted by Gasteiger charge is -2.32. The molecule has 3 nitrogen and oxygen atoms in total. The standard InChI is InChI=1S/C11H17Cl2NO2/c12-11(13)6-8(11)9(15)14-7-10(16)4-2-1-3-5-10/h8,16H,1-7H2,(H,14,15). The van der Waals surface area contributed by atoms with Gasteiger partial charge in [-0.1, -0.05) is 19.3 Å². The highest BCUT2D eigenvalue weighted by molar-refractivity contribution is 6.52. The van der Waals surface area contributed by atoms with Gasteiger partial charge in [0.25, 0.3) is 0 Å². The molecule has 0 aromatic rings. The molecule has 0 heterocycles. The van der Waals surface area contributed by atoms with Crippen LogP contribution in [0.3, 0.4) is 0 Å². The van der Waals surface area contributed by atoms with Crippen molar-refractivity contribution in [2.45, 2.75) is 48.5 Å². The molecule has 2 rings (SSSR count). The zero-order chi connectivity index (χ0) is 11.8. The molecule has 2 aliphatic rings. The number of hydrogen-bond acceptors (Lipinski definition) is 2. The molecule has 0 saturated heterocycles. The molecular weight excluding hydrogens is 249 g/mol. The van der Waals surface area contributed by atoms with Crippen LogP contribution in [0.2, 0.25) is 0 Å². The third kappa shape index (κ3) is 2.82. The lowest BCUT2D eigenvalue weighted by molar-refractivity contribution is -0.124. The second-order valence-corrected chi connectivity index (χ2v) is 6.56. The van der Waals surface area contributed by atoms with Crippen molar-refractivity contribution in [2.75, 3.05) is 6.54 Å². The first kappa shape index (κ1) is 12.5. The van der Waals surface area contributed by atoms with E-state index in [9.17, 15) is 9.90 Å². The van der Waals surface area contributed by atoms with E-state index in [0.717, 1.165) is 25.7 Å². The van der Waals surface area contributed by atoms with Gasteiger partial charge < -0.3 is 10.4 Å². The number of carbonyl (C=O) groups excluding carboxylic acids is 1. The Balaban J connectivity index is 1.76. The number of carbonyl (C=O) groups is 1. The first-order chi connectivity index (χ1) is 7.43. The second-order valence-electron chi connectivity index (χ2n) is 5.02. The molecule has 0 bridgehead atoms. The average molecular weight is 266 g/mol. The molecule has 0 spiro atoms. The molecule has 0 aliphatic heterocycles. The molecule has 1 amide bonds. The van der Waals surface area contributed by atoms with E-state index >= 15 is 0 Å². The highest BCUT2D eigenvalue weighted by Gasteiger charge is 2.56. The van der Waals surface area contributed by atoms with Crippen LogP contribution in [0.1, 0.15) is 38.5 Å². The third-order valence-electron chi connectivity index (χ3n) is 3.52. The van der Waals surface area contributed by atoms with E-state index in [1.54, 1.807) is 0 Å². The van der Waals surface area contributed by atoms with Gasteiger partial charge in [-0.2, -0.15) is 0 Å². The van der Waals surface area contributed by atoms with Gasteiger partial charge in [0.1, 0.15) is 4.33 Å². The van der Waals surface area contributed by atoms with Crippen LogP contribution in [0.5, 0.6) is 0 Å². The monoisotopic (exact) mass is 265 g/mol. The number of rotatable bonds is 3. The van der Waals surface area contributed by atoms with E-state index in [4.69, 9.17) is 23.2 Å². The number of nitrogens with one attached hydrogen (secondary N) is 1. The van der Waals surface area contributed by atoms with Crippen molar-refractivity contribution >= 4 is 29.1 Å². The molecule has 16 heavy (non-hydrogen) atoms. The fraction of sp³-hybridized carbons (Fsp3) is 0.909. The highest BCUT2D eigenvalue weighted by Crippen LogP contribution is 2.53. The van der Waals surface area contributed by atoms with E-state index in [1.807, 2.05) is 0 Å². The molecule has 1 atom stereocenters. The SMILES string of the molecule is O=C(NCC1(O)CCCCC1)C1CC1(Cl)Cl. The zero-order valence-corrected chi connectivity index (χ0v) is 10.7. The van der Waals surface area contributed by atoms with E-state index in [-0.39, 0.29) is 11.8 Å². The summed E-state index contributed by atoms with van der Waals surface area (Å²) in [6.07, 6.45) is 5.29. The van der Waals surface area contributed by atoms with Crippen LogP contribution in [0, 0.1) is 5.92 Å². The van der Waals surface area contributed by atoms with Gasteiger partial charge in [0, 0.05) is 6.54 Å². The predicted molar refractivity (Wildman–Crippen MR) is 63.6 cm³/mol. The summed E-state index contributed by atoms with van der Waals surface area (Å²) in [6.45, 7) is 0.326. The van der Waals surface area contributed by atoms with Gasteiger partial charge in [0.2, 0.25) is 5.91 Å². The molecule has 5 heteroatoms. The summed E-state index contributed by atoms with van der Waals surface area (Å²) in [5.41, 5.74) is -0.718. The van der Waals surface area contributed by atoms with Gasteiger partial charge in [-0.3, -0.25) is 4.79 Å². The van der Waals surface area contributed by atoms with Crippen LogP contribution in [0.15, 0.2) is 0 Å². The topological polar surface area (TPSA) is 49.3 Å². The Morgan fingerprint density at radius 1 is 1.31 bits per heavy atom. The van der Waals surface area contributed by atoms with Gasteiger partial charge in [-0.15, -0.1) is 23.2 Å². The van der Waals surface area contributed by atoms with Crippen LogP contribution in [-0.4, -0.2) is 27.5 Å². The zero-order valence-electron chi connectivity index (χ0n) is 9.14. The Morgan fingerprint density at radius 2 is 1.88 bits per heavy atom. The van der Waals surface area contributed by atoms with Crippen molar-refractivity contribution in [1.82, 2.24) is 5.32 Å². The summed E-state index contributed by atoms with van der Waals surface area (Å²) in [5, 5.41) is 12.9. The van der Waals surface area contributed by atoms with Crippen LogP contribution in [0.4, 0.5) is 0 Å². The Morgan fingerprint density at radius 3 is 2.38 bits per heavy atom. The van der Waals surface area contributed by atoms with E-state index in [1.165, 1.54) is 6.42 Å². The van der Waals surface area contributed by atoms with E-state index in [0.29, 0.717) is 13.0 Å². The quantitative estimate of drug-likeness (QED) is 0.767. The minimum Gasteiger partial charge on any atom is -0.388 e. The van der Waals surface area contributed by atoms with Gasteiger partial charge >= 0.3 is 0 Å². The highest BCUT2D eigenvalue weighted by atomic mass is 35.5. The maximum absolute atomic E-state index is 11.6. The summed E-state index contributed by atoms with van der Waals surface area (Å²) < 4.78 is -0.876. The lowest BCUT2D eigenvalue weighted by atomic mass is 9.85. The Bertz CT molecular complexity index is 288. The first-order valence-electron chi connectivity index (χ1n) is 5.81. The Kier molecular flexibility index (Phi) is 3.39. The first-order valence-corrected chi connectivity index (χ1v) is 6.56. The fourth-order valence-corrected chi connectivity index (χ4v) is 2.77. The fourth-order valence-electron chi connectivity index (χ4n) is 2.26. The van der Waals surface area contributed by atoms with Crippen molar-refractivity contribution in [1.29, 1.82) is 0 Å². The molecule has 2 N–H and O–H groups in total. The summed E-state index contributed by atoms with van der Waals surface area (Å²) in [4.78, 5) is 11.6. The van der Waals surface area contributed by atoms with Gasteiger partial charge in [0.15, 0.2) is 0 Å². The molecule has 0 aromatic heterocycles. The molecule has 2 fully saturated rings. The summed E-state index contributed by atoms with van der Waals surface area (Å²) >= 11 is 11.6. The number of alkyl halides is 2. The largest absolute Gasteiger partial charge is 0.388 e. The summed E-state index contributed by atoms with van der Waals surface area (Å²) in [7, 11) is 0. The normalized spacial score (nSPS) is 30.8. The van der Waals surface area contributed by atoms with Crippen molar-refractivity contribution in [2.24, 2.45) is 5.92 Å². The van der Waals surface area contributed by atoms with Crippen molar-refractivity contribution in [3.63, 3.8) is 0 Å². The van der Waals surface area contributed by atoms with Crippen LogP contribution >= 0.6 is 23.2 Å². The molecule has 2 aliphatic carbocycles. The van der Waals surface area contributed by atoms with Crippen molar-refractivity contribution in [3.8, 4) is 0 Å². The third-order valence-corrected chi connectivity index (χ3v) is 4.35. The van der Waals surface area contributed by atoms with Crippen LogP contribution in [0.25, 0.3) is 0 Å². The Labute approximate surface area is 105 Å². The maximum atomic E-state index is 11.6. The van der Waals surface area contributed by atoms with Crippen molar-refractivity contribution in [3.05, 3.63) is 0 Å². The predicted octanol–water partition coefficient (Wildman–Crippen LogP) is 1.99. The number of halogens is 2. The minimum atomic E-state index is -0.876. The van der Waals surface area contributed by atoms with E-state index in [2.05, 4.69) is 5.32 Å².